The molecule has 0 fully saturated rings. The van der Waals surface area contributed by atoms with E-state index >= 15 is 0 Å². The minimum absolute atomic E-state index is 0. The van der Waals surface area contributed by atoms with Crippen molar-refractivity contribution in [2.45, 2.75) is 41.5 Å². The second-order valence-electron chi connectivity index (χ2n) is 4.36. The number of aromatic nitrogens is 2. The maximum absolute atomic E-state index is 9.19. The lowest BCUT2D eigenvalue weighted by Gasteiger charge is -2.05. The summed E-state index contributed by atoms with van der Waals surface area (Å²) in [6, 6.07) is 6.13. The monoisotopic (exact) mass is 267 g/mol. The van der Waals surface area contributed by atoms with Gasteiger partial charge in [0.15, 0.2) is 0 Å². The molecule has 3 nitrogen and oxygen atoms in total. The summed E-state index contributed by atoms with van der Waals surface area (Å²) in [6.07, 6.45) is 2.71. The van der Waals surface area contributed by atoms with Crippen LogP contribution in [0.15, 0.2) is 18.3 Å². The van der Waals surface area contributed by atoms with Gasteiger partial charge in [0.2, 0.25) is 0 Å². The lowest BCUT2D eigenvalue weighted by atomic mass is 9.99. The molecule has 1 aromatic heterocycles. The topological polar surface area (TPSA) is 49.6 Å². The quantitative estimate of drug-likeness (QED) is 0.613. The Labute approximate surface area is 121 Å². The highest BCUT2D eigenvalue weighted by Gasteiger charge is 2.24. The number of hydrogen-bond donors (Lipinski definition) is 0. The van der Waals surface area contributed by atoms with Gasteiger partial charge in [-0.1, -0.05) is 27.3 Å². The van der Waals surface area contributed by atoms with Gasteiger partial charge in [-0.2, -0.15) is 5.26 Å². The average molecular weight is 267 g/mol. The van der Waals surface area contributed by atoms with Crippen LogP contribution in [0, 0.1) is 25.2 Å². The Hall–Kier alpha value is -2.21. The Kier molecular flexibility index (Phi) is 4.99. The van der Waals surface area contributed by atoms with Crippen molar-refractivity contribution < 1.29 is 0 Å². The molecule has 3 heteroatoms. The molecule has 0 saturated heterocycles. The van der Waals surface area contributed by atoms with Crippen molar-refractivity contribution in [3.05, 3.63) is 46.4 Å². The van der Waals surface area contributed by atoms with Gasteiger partial charge in [-0.15, -0.1) is 0 Å². The molecule has 20 heavy (non-hydrogen) atoms. The summed E-state index contributed by atoms with van der Waals surface area (Å²) in [7, 11) is 0. The zero-order valence-corrected chi connectivity index (χ0v) is 11.8. The van der Waals surface area contributed by atoms with Crippen molar-refractivity contribution in [1.29, 1.82) is 5.26 Å². The zero-order valence-electron chi connectivity index (χ0n) is 11.8. The molecule has 104 valence electrons. The van der Waals surface area contributed by atoms with Crippen LogP contribution in [0.25, 0.3) is 11.3 Å². The van der Waals surface area contributed by atoms with E-state index in [-0.39, 0.29) is 7.43 Å². The first-order chi connectivity index (χ1) is 9.20. The third-order valence-electron chi connectivity index (χ3n) is 3.26. The van der Waals surface area contributed by atoms with E-state index < -0.39 is 0 Å². The molecule has 0 aliphatic heterocycles. The van der Waals surface area contributed by atoms with E-state index in [2.05, 4.69) is 23.0 Å². The highest BCUT2D eigenvalue weighted by Crippen LogP contribution is 2.38. The van der Waals surface area contributed by atoms with Gasteiger partial charge >= 0.3 is 0 Å². The van der Waals surface area contributed by atoms with Crippen LogP contribution in [0.2, 0.25) is 0 Å². The average Bonchev–Trinajstić information content (AvgIpc) is 2.82. The van der Waals surface area contributed by atoms with Crippen molar-refractivity contribution in [3.8, 4) is 17.3 Å². The van der Waals surface area contributed by atoms with E-state index in [0.29, 0.717) is 5.56 Å². The van der Waals surface area contributed by atoms with Crippen LogP contribution in [-0.4, -0.2) is 9.97 Å². The SMILES string of the molecule is C.CC.Cc1ncc2c(n1)-c1c(C#N)ccc(C)c1C2. The third kappa shape index (κ3) is 2.42. The lowest BCUT2D eigenvalue weighted by Crippen LogP contribution is -1.93. The Bertz CT molecular complexity index is 667. The fourth-order valence-corrected chi connectivity index (χ4v) is 2.37. The normalized spacial score (nSPS) is 10.3. The van der Waals surface area contributed by atoms with Gasteiger partial charge < -0.3 is 0 Å². The Balaban J connectivity index is 0.000000639. The van der Waals surface area contributed by atoms with Crippen molar-refractivity contribution in [1.82, 2.24) is 9.97 Å². The van der Waals surface area contributed by atoms with Crippen LogP contribution in [0.3, 0.4) is 0 Å². The molecule has 0 amide bonds. The van der Waals surface area contributed by atoms with Gasteiger partial charge in [0, 0.05) is 23.7 Å². The fourth-order valence-electron chi connectivity index (χ4n) is 2.37. The van der Waals surface area contributed by atoms with Crippen molar-refractivity contribution in [2.75, 3.05) is 0 Å². The van der Waals surface area contributed by atoms with Crippen LogP contribution in [0.4, 0.5) is 0 Å². The van der Waals surface area contributed by atoms with Crippen LogP contribution in [-0.2, 0) is 6.42 Å². The Morgan fingerprint density at radius 3 is 2.55 bits per heavy atom. The van der Waals surface area contributed by atoms with Crippen LogP contribution in [0.1, 0.15) is 49.4 Å². The molecule has 1 heterocycles. The predicted molar refractivity (Wildman–Crippen MR) is 82.5 cm³/mol. The minimum atomic E-state index is 0. The summed E-state index contributed by atoms with van der Waals surface area (Å²) >= 11 is 0. The second-order valence-corrected chi connectivity index (χ2v) is 4.36. The fraction of sp³-hybridized carbons (Fsp3) is 0.353. The van der Waals surface area contributed by atoms with Crippen LogP contribution in [0.5, 0.6) is 0 Å². The lowest BCUT2D eigenvalue weighted by molar-refractivity contribution is 1.03. The van der Waals surface area contributed by atoms with Crippen LogP contribution >= 0.6 is 0 Å². The van der Waals surface area contributed by atoms with E-state index in [1.54, 1.807) is 0 Å². The number of aryl methyl sites for hydroxylation is 2. The molecule has 0 saturated carbocycles. The van der Waals surface area contributed by atoms with Crippen molar-refractivity contribution in [2.24, 2.45) is 0 Å². The Morgan fingerprint density at radius 1 is 1.20 bits per heavy atom. The summed E-state index contributed by atoms with van der Waals surface area (Å²) < 4.78 is 0. The van der Waals surface area contributed by atoms with Gasteiger partial charge in [0.1, 0.15) is 5.82 Å². The number of nitrogens with zero attached hydrogens (tertiary/aromatic N) is 3. The predicted octanol–water partition coefficient (Wildman–Crippen LogP) is 4.20. The molecular weight excluding hydrogens is 246 g/mol. The van der Waals surface area contributed by atoms with Gasteiger partial charge in [0.25, 0.3) is 0 Å². The van der Waals surface area contributed by atoms with E-state index in [1.807, 2.05) is 39.1 Å². The van der Waals surface area contributed by atoms with E-state index in [1.165, 1.54) is 11.1 Å². The standard InChI is InChI=1S/C14H11N3.C2H6.CH4/c1-8-3-4-10(6-15)13-12(8)5-11-7-16-9(2)17-14(11)13;1-2;/h3-4,7H,5H2,1-2H3;1-2H3;1H4. The molecule has 0 N–H and O–H groups in total. The first-order valence-electron chi connectivity index (χ1n) is 6.56. The number of nitriles is 1. The van der Waals surface area contributed by atoms with Gasteiger partial charge in [-0.05, 0) is 31.0 Å². The van der Waals surface area contributed by atoms with Crippen molar-refractivity contribution >= 4 is 0 Å². The number of hydrogen-bond acceptors (Lipinski definition) is 3. The highest BCUT2D eigenvalue weighted by molar-refractivity contribution is 5.79. The largest absolute Gasteiger partial charge is 0.241 e. The summed E-state index contributed by atoms with van der Waals surface area (Å²) in [5.74, 6) is 0.752. The van der Waals surface area contributed by atoms with Crippen LogP contribution < -0.4 is 0 Å². The van der Waals surface area contributed by atoms with Gasteiger partial charge in [-0.25, -0.2) is 9.97 Å². The summed E-state index contributed by atoms with van der Waals surface area (Å²) in [5.41, 5.74) is 6.22. The molecular formula is C17H21N3. The second kappa shape index (κ2) is 6.29. The van der Waals surface area contributed by atoms with E-state index in [4.69, 9.17) is 0 Å². The molecule has 0 spiro atoms. The number of benzene rings is 1. The van der Waals surface area contributed by atoms with E-state index in [0.717, 1.165) is 29.1 Å². The first kappa shape index (κ1) is 15.8. The maximum Gasteiger partial charge on any atom is 0.125 e. The van der Waals surface area contributed by atoms with Crippen molar-refractivity contribution in [3.63, 3.8) is 0 Å². The maximum atomic E-state index is 9.19. The Morgan fingerprint density at radius 2 is 1.90 bits per heavy atom. The molecule has 3 rings (SSSR count). The number of fused-ring (bicyclic) bond motifs is 3. The molecule has 0 unspecified atom stereocenters. The van der Waals surface area contributed by atoms with Gasteiger partial charge in [0.05, 0.1) is 17.3 Å². The summed E-state index contributed by atoms with van der Waals surface area (Å²) in [5, 5.41) is 9.19. The molecule has 1 aliphatic carbocycles. The minimum Gasteiger partial charge on any atom is -0.241 e. The third-order valence-corrected chi connectivity index (χ3v) is 3.26. The zero-order chi connectivity index (χ0) is 14.0. The summed E-state index contributed by atoms with van der Waals surface area (Å²) in [4.78, 5) is 8.71. The highest BCUT2D eigenvalue weighted by atomic mass is 14.9. The molecule has 1 aliphatic rings. The smallest absolute Gasteiger partial charge is 0.125 e. The molecule has 0 bridgehead atoms. The van der Waals surface area contributed by atoms with E-state index in [9.17, 15) is 5.26 Å². The molecule has 1 aromatic carbocycles. The molecule has 2 aromatic rings. The van der Waals surface area contributed by atoms with Gasteiger partial charge in [-0.3, -0.25) is 0 Å². The molecule has 0 atom stereocenters. The molecule has 0 radical (unpaired) electrons. The summed E-state index contributed by atoms with van der Waals surface area (Å²) in [6.45, 7) is 7.95. The first-order valence-corrected chi connectivity index (χ1v) is 6.56. The number of rotatable bonds is 0.